The fourth-order valence-corrected chi connectivity index (χ4v) is 4.21. The second-order valence-electron chi connectivity index (χ2n) is 8.43. The van der Waals surface area contributed by atoms with Crippen LogP contribution in [0, 0.1) is 17.5 Å². The summed E-state index contributed by atoms with van der Waals surface area (Å²) in [6.07, 6.45) is -4.75. The van der Waals surface area contributed by atoms with Gasteiger partial charge in [-0.15, -0.1) is 0 Å². The SMILES string of the molecule is Oc1cc(F)ccc1CNC(Cc1ccccc1)(c1ccc(F)cc1)c1cc(F)cc(C(F)(F)F)c1. The number of hydrogen-bond donors (Lipinski definition) is 2. The van der Waals surface area contributed by atoms with Crippen LogP contribution < -0.4 is 5.32 Å². The van der Waals surface area contributed by atoms with Crippen LogP contribution in [-0.2, 0) is 24.7 Å². The van der Waals surface area contributed by atoms with E-state index in [1.807, 2.05) is 0 Å². The third kappa shape index (κ3) is 5.54. The number of rotatable bonds is 7. The highest BCUT2D eigenvalue weighted by Crippen LogP contribution is 2.39. The molecule has 4 aromatic rings. The third-order valence-electron chi connectivity index (χ3n) is 6.00. The Morgan fingerprint density at radius 3 is 1.92 bits per heavy atom. The number of phenols is 1. The van der Waals surface area contributed by atoms with Crippen molar-refractivity contribution in [3.8, 4) is 5.75 Å². The molecule has 0 aliphatic heterocycles. The van der Waals surface area contributed by atoms with Gasteiger partial charge < -0.3 is 5.11 Å². The molecule has 0 fully saturated rings. The summed E-state index contributed by atoms with van der Waals surface area (Å²) in [4.78, 5) is 0. The zero-order valence-corrected chi connectivity index (χ0v) is 18.8. The Morgan fingerprint density at radius 2 is 1.28 bits per heavy atom. The number of hydrogen-bond acceptors (Lipinski definition) is 2. The van der Waals surface area contributed by atoms with E-state index in [-0.39, 0.29) is 29.8 Å². The molecule has 4 rings (SSSR count). The van der Waals surface area contributed by atoms with Gasteiger partial charge >= 0.3 is 6.18 Å². The van der Waals surface area contributed by atoms with Crippen LogP contribution in [0.3, 0.4) is 0 Å². The van der Waals surface area contributed by atoms with Crippen LogP contribution in [0.25, 0.3) is 0 Å². The highest BCUT2D eigenvalue weighted by atomic mass is 19.4. The molecule has 36 heavy (non-hydrogen) atoms. The molecule has 8 heteroatoms. The van der Waals surface area contributed by atoms with Crippen molar-refractivity contribution in [1.29, 1.82) is 0 Å². The van der Waals surface area contributed by atoms with E-state index >= 15 is 0 Å². The normalized spacial score (nSPS) is 13.4. The molecule has 0 aliphatic carbocycles. The fourth-order valence-electron chi connectivity index (χ4n) is 4.21. The molecule has 2 N–H and O–H groups in total. The fraction of sp³-hybridized carbons (Fsp3) is 0.143. The Labute approximate surface area is 203 Å². The van der Waals surface area contributed by atoms with Crippen molar-refractivity contribution in [1.82, 2.24) is 5.32 Å². The van der Waals surface area contributed by atoms with Crippen LogP contribution in [-0.4, -0.2) is 5.11 Å². The average Bonchev–Trinajstić information content (AvgIpc) is 2.83. The molecule has 0 saturated heterocycles. The van der Waals surface area contributed by atoms with E-state index in [0.717, 1.165) is 36.4 Å². The van der Waals surface area contributed by atoms with Crippen LogP contribution in [0.1, 0.15) is 27.8 Å². The van der Waals surface area contributed by atoms with Gasteiger partial charge in [-0.05, 0) is 59.5 Å². The standard InChI is InChI=1S/C28H21F6NO/c29-23-10-7-20(8-11-23)27(16-18-4-2-1-3-5-18,35-17-19-6-9-24(30)15-26(19)36)21-12-22(28(32,33)34)14-25(31)13-21/h1-15,35-36H,16-17H2. The molecule has 0 heterocycles. The van der Waals surface area contributed by atoms with E-state index in [2.05, 4.69) is 5.32 Å². The minimum absolute atomic E-state index is 0.0492. The van der Waals surface area contributed by atoms with Gasteiger partial charge in [-0.2, -0.15) is 13.2 Å². The Balaban J connectivity index is 1.93. The number of aromatic hydroxyl groups is 1. The van der Waals surface area contributed by atoms with Crippen molar-refractivity contribution in [2.45, 2.75) is 24.7 Å². The maximum absolute atomic E-state index is 14.6. The van der Waals surface area contributed by atoms with Crippen LogP contribution in [0.4, 0.5) is 26.3 Å². The molecule has 4 aromatic carbocycles. The topological polar surface area (TPSA) is 32.3 Å². The molecule has 0 saturated carbocycles. The number of alkyl halides is 3. The molecule has 1 atom stereocenters. The van der Waals surface area contributed by atoms with E-state index in [1.54, 1.807) is 30.3 Å². The summed E-state index contributed by atoms with van der Waals surface area (Å²) in [5, 5.41) is 13.4. The first-order valence-electron chi connectivity index (χ1n) is 11.0. The molecule has 0 bridgehead atoms. The number of benzene rings is 4. The van der Waals surface area contributed by atoms with Gasteiger partial charge in [0, 0.05) is 18.2 Å². The van der Waals surface area contributed by atoms with Gasteiger partial charge in [0.1, 0.15) is 23.2 Å². The Morgan fingerprint density at radius 1 is 0.639 bits per heavy atom. The average molecular weight is 501 g/mol. The van der Waals surface area contributed by atoms with Crippen LogP contribution in [0.5, 0.6) is 5.75 Å². The summed E-state index contributed by atoms with van der Waals surface area (Å²) in [6, 6.07) is 19.6. The summed E-state index contributed by atoms with van der Waals surface area (Å²) in [5.41, 5.74) is -1.37. The first kappa shape index (κ1) is 25.3. The summed E-state index contributed by atoms with van der Waals surface area (Å²) >= 11 is 0. The smallest absolute Gasteiger partial charge is 0.416 e. The molecule has 0 radical (unpaired) electrons. The number of phenolic OH excluding ortho intramolecular Hbond substituents is 1. The predicted octanol–water partition coefficient (Wildman–Crippen LogP) is 7.10. The summed E-state index contributed by atoms with van der Waals surface area (Å²) in [7, 11) is 0. The minimum Gasteiger partial charge on any atom is -0.508 e. The predicted molar refractivity (Wildman–Crippen MR) is 124 cm³/mol. The molecular formula is C28H21F6NO. The largest absolute Gasteiger partial charge is 0.508 e. The molecule has 0 spiro atoms. The van der Waals surface area contributed by atoms with Gasteiger partial charge in [0.15, 0.2) is 0 Å². The second-order valence-corrected chi connectivity index (χ2v) is 8.43. The molecule has 2 nitrogen and oxygen atoms in total. The Hall–Kier alpha value is -3.78. The maximum Gasteiger partial charge on any atom is 0.416 e. The van der Waals surface area contributed by atoms with Gasteiger partial charge in [0.25, 0.3) is 0 Å². The quantitative estimate of drug-likeness (QED) is 0.265. The van der Waals surface area contributed by atoms with E-state index in [0.29, 0.717) is 17.2 Å². The lowest BCUT2D eigenvalue weighted by molar-refractivity contribution is -0.137. The number of halogens is 6. The zero-order chi connectivity index (χ0) is 25.9. The first-order valence-corrected chi connectivity index (χ1v) is 11.0. The second kappa shape index (κ2) is 10.1. The monoisotopic (exact) mass is 501 g/mol. The first-order chi connectivity index (χ1) is 17.1. The minimum atomic E-state index is -4.81. The lowest BCUT2D eigenvalue weighted by Gasteiger charge is -2.37. The van der Waals surface area contributed by atoms with Crippen molar-refractivity contribution in [2.24, 2.45) is 0 Å². The molecule has 1 unspecified atom stereocenters. The van der Waals surface area contributed by atoms with E-state index < -0.39 is 34.7 Å². The van der Waals surface area contributed by atoms with E-state index in [1.165, 1.54) is 18.2 Å². The Kier molecular flexibility index (Phi) is 7.08. The Bertz CT molecular complexity index is 1340. The lowest BCUT2D eigenvalue weighted by Crippen LogP contribution is -2.45. The van der Waals surface area contributed by atoms with Crippen molar-refractivity contribution in [3.05, 3.63) is 136 Å². The van der Waals surface area contributed by atoms with E-state index in [4.69, 9.17) is 0 Å². The third-order valence-corrected chi connectivity index (χ3v) is 6.00. The highest BCUT2D eigenvalue weighted by molar-refractivity contribution is 5.44. The van der Waals surface area contributed by atoms with Crippen molar-refractivity contribution >= 4 is 0 Å². The summed E-state index contributed by atoms with van der Waals surface area (Å²) in [5.74, 6) is -2.67. The molecular weight excluding hydrogens is 480 g/mol. The lowest BCUT2D eigenvalue weighted by atomic mass is 9.77. The van der Waals surface area contributed by atoms with Gasteiger partial charge in [0.2, 0.25) is 0 Å². The van der Waals surface area contributed by atoms with Crippen molar-refractivity contribution < 1.29 is 31.4 Å². The van der Waals surface area contributed by atoms with Crippen LogP contribution >= 0.6 is 0 Å². The van der Waals surface area contributed by atoms with Gasteiger partial charge in [0.05, 0.1) is 11.1 Å². The molecule has 0 aliphatic rings. The van der Waals surface area contributed by atoms with E-state index in [9.17, 15) is 31.4 Å². The molecule has 186 valence electrons. The highest BCUT2D eigenvalue weighted by Gasteiger charge is 2.38. The maximum atomic E-state index is 14.6. The van der Waals surface area contributed by atoms with Gasteiger partial charge in [-0.25, -0.2) is 13.2 Å². The molecule has 0 aromatic heterocycles. The number of nitrogens with one attached hydrogen (secondary N) is 1. The zero-order valence-electron chi connectivity index (χ0n) is 18.8. The van der Waals surface area contributed by atoms with Crippen LogP contribution in [0.15, 0.2) is 91.0 Å². The van der Waals surface area contributed by atoms with Crippen molar-refractivity contribution in [2.75, 3.05) is 0 Å². The summed E-state index contributed by atoms with van der Waals surface area (Å²) in [6.45, 7) is -0.117. The summed E-state index contributed by atoms with van der Waals surface area (Å²) < 4.78 is 82.9. The van der Waals surface area contributed by atoms with Crippen molar-refractivity contribution in [3.63, 3.8) is 0 Å². The van der Waals surface area contributed by atoms with Gasteiger partial charge in [-0.1, -0.05) is 48.5 Å². The van der Waals surface area contributed by atoms with Gasteiger partial charge in [-0.3, -0.25) is 5.32 Å². The molecule has 0 amide bonds. The van der Waals surface area contributed by atoms with Crippen LogP contribution in [0.2, 0.25) is 0 Å².